The van der Waals surface area contributed by atoms with E-state index in [4.69, 9.17) is 0 Å². The SMILES string of the molecule is CC(C(=O)NC1CCCC1)N(Cc1cccc(Br)c1)C(=O)CCCN(c1ccc(F)c(F)c1)S(C)(=O)=O. The second-order valence-corrected chi connectivity index (χ2v) is 12.2. The summed E-state index contributed by atoms with van der Waals surface area (Å²) in [5.41, 5.74) is 0.812. The van der Waals surface area contributed by atoms with Crippen LogP contribution in [0.15, 0.2) is 46.9 Å². The first-order valence-corrected chi connectivity index (χ1v) is 14.9. The normalized spacial score (nSPS) is 14.8. The molecule has 1 unspecified atom stereocenters. The molecule has 1 aliphatic rings. The number of nitrogens with zero attached hydrogens (tertiary/aromatic N) is 2. The highest BCUT2D eigenvalue weighted by molar-refractivity contribution is 9.10. The minimum atomic E-state index is -3.81. The van der Waals surface area contributed by atoms with Crippen LogP contribution in [0.25, 0.3) is 0 Å². The molecule has 2 amide bonds. The Hall–Kier alpha value is -2.53. The summed E-state index contributed by atoms with van der Waals surface area (Å²) in [5.74, 6) is -2.78. The number of hydrogen-bond donors (Lipinski definition) is 1. The fourth-order valence-electron chi connectivity index (χ4n) is 4.45. The molecule has 0 heterocycles. The van der Waals surface area contributed by atoms with Crippen LogP contribution in [-0.2, 0) is 26.2 Å². The molecule has 2 aromatic rings. The lowest BCUT2D eigenvalue weighted by atomic mass is 10.1. The van der Waals surface area contributed by atoms with Gasteiger partial charge in [-0.05, 0) is 56.0 Å². The average Bonchev–Trinajstić information content (AvgIpc) is 3.34. The summed E-state index contributed by atoms with van der Waals surface area (Å²) in [6.07, 6.45) is 5.02. The summed E-state index contributed by atoms with van der Waals surface area (Å²) < 4.78 is 53.5. The molecule has 2 aromatic carbocycles. The Labute approximate surface area is 225 Å². The van der Waals surface area contributed by atoms with Gasteiger partial charge in [-0.1, -0.05) is 40.9 Å². The number of benzene rings is 2. The van der Waals surface area contributed by atoms with Crippen molar-refractivity contribution in [3.63, 3.8) is 0 Å². The highest BCUT2D eigenvalue weighted by atomic mass is 79.9. The van der Waals surface area contributed by atoms with Crippen LogP contribution in [0.4, 0.5) is 14.5 Å². The molecular weight excluding hydrogens is 568 g/mol. The lowest BCUT2D eigenvalue weighted by Gasteiger charge is -2.30. The Morgan fingerprint density at radius 1 is 1.11 bits per heavy atom. The molecule has 0 aromatic heterocycles. The number of nitrogens with one attached hydrogen (secondary N) is 1. The molecule has 11 heteroatoms. The molecule has 1 atom stereocenters. The lowest BCUT2D eigenvalue weighted by Crippen LogP contribution is -2.49. The number of carbonyl (C=O) groups is 2. The number of carbonyl (C=O) groups excluding carboxylic acids is 2. The zero-order valence-electron chi connectivity index (χ0n) is 20.9. The average molecular weight is 601 g/mol. The van der Waals surface area contributed by atoms with E-state index in [1.807, 2.05) is 24.3 Å². The van der Waals surface area contributed by atoms with E-state index in [1.54, 1.807) is 6.92 Å². The van der Waals surface area contributed by atoms with Crippen LogP contribution >= 0.6 is 15.9 Å². The van der Waals surface area contributed by atoms with E-state index in [0.717, 1.165) is 58.4 Å². The van der Waals surface area contributed by atoms with Crippen molar-refractivity contribution in [1.29, 1.82) is 0 Å². The first-order chi connectivity index (χ1) is 17.5. The highest BCUT2D eigenvalue weighted by Gasteiger charge is 2.29. The van der Waals surface area contributed by atoms with Gasteiger partial charge < -0.3 is 10.2 Å². The van der Waals surface area contributed by atoms with E-state index in [-0.39, 0.29) is 49.5 Å². The lowest BCUT2D eigenvalue weighted by molar-refractivity contribution is -0.141. The maximum Gasteiger partial charge on any atom is 0.242 e. The number of hydrogen-bond acceptors (Lipinski definition) is 4. The van der Waals surface area contributed by atoms with Crippen LogP contribution in [-0.4, -0.2) is 50.0 Å². The van der Waals surface area contributed by atoms with E-state index >= 15 is 0 Å². The number of sulfonamides is 1. The molecule has 202 valence electrons. The van der Waals surface area contributed by atoms with Crippen molar-refractivity contribution in [2.45, 2.75) is 64.1 Å². The van der Waals surface area contributed by atoms with E-state index in [0.29, 0.717) is 0 Å². The molecule has 1 aliphatic carbocycles. The Balaban J connectivity index is 1.73. The van der Waals surface area contributed by atoms with Crippen LogP contribution in [0.2, 0.25) is 0 Å². The van der Waals surface area contributed by atoms with Gasteiger partial charge in [-0.25, -0.2) is 17.2 Å². The number of anilines is 1. The van der Waals surface area contributed by atoms with Gasteiger partial charge in [0, 0.05) is 36.1 Å². The van der Waals surface area contributed by atoms with E-state index in [9.17, 15) is 26.8 Å². The van der Waals surface area contributed by atoms with Gasteiger partial charge in [0.1, 0.15) is 6.04 Å². The maximum atomic E-state index is 13.7. The second-order valence-electron chi connectivity index (χ2n) is 9.35. The first kappa shape index (κ1) is 29.0. The fourth-order valence-corrected chi connectivity index (χ4v) is 5.85. The van der Waals surface area contributed by atoms with Crippen molar-refractivity contribution in [3.05, 3.63) is 64.1 Å². The summed E-state index contributed by atoms with van der Waals surface area (Å²) in [5, 5.41) is 3.04. The van der Waals surface area contributed by atoms with Gasteiger partial charge in [-0.2, -0.15) is 0 Å². The van der Waals surface area contributed by atoms with Crippen molar-refractivity contribution in [3.8, 4) is 0 Å². The predicted molar refractivity (Wildman–Crippen MR) is 142 cm³/mol. The predicted octanol–water partition coefficient (Wildman–Crippen LogP) is 4.75. The molecule has 3 rings (SSSR count). The van der Waals surface area contributed by atoms with E-state index < -0.39 is 27.7 Å². The third kappa shape index (κ3) is 8.23. The largest absolute Gasteiger partial charge is 0.352 e. The summed E-state index contributed by atoms with van der Waals surface area (Å²) in [4.78, 5) is 27.8. The topological polar surface area (TPSA) is 86.8 Å². The van der Waals surface area contributed by atoms with E-state index in [2.05, 4.69) is 21.2 Å². The summed E-state index contributed by atoms with van der Waals surface area (Å²) >= 11 is 3.43. The zero-order chi connectivity index (χ0) is 27.2. The van der Waals surface area contributed by atoms with Crippen molar-refractivity contribution < 1.29 is 26.8 Å². The molecule has 0 aliphatic heterocycles. The number of amides is 2. The molecular formula is C26H32BrF2N3O4S. The minimum Gasteiger partial charge on any atom is -0.352 e. The van der Waals surface area contributed by atoms with Crippen molar-refractivity contribution in [2.75, 3.05) is 17.1 Å². The van der Waals surface area contributed by atoms with Crippen LogP contribution < -0.4 is 9.62 Å². The number of rotatable bonds is 11. The van der Waals surface area contributed by atoms with Crippen molar-refractivity contribution >= 4 is 43.5 Å². The van der Waals surface area contributed by atoms with E-state index in [1.165, 1.54) is 11.0 Å². The third-order valence-electron chi connectivity index (χ3n) is 6.45. The van der Waals surface area contributed by atoms with Gasteiger partial charge in [-0.15, -0.1) is 0 Å². The molecule has 1 N–H and O–H groups in total. The van der Waals surface area contributed by atoms with Crippen LogP contribution in [0, 0.1) is 11.6 Å². The smallest absolute Gasteiger partial charge is 0.242 e. The van der Waals surface area contributed by atoms with Gasteiger partial charge in [0.25, 0.3) is 0 Å². The summed E-state index contributed by atoms with van der Waals surface area (Å²) in [6, 6.07) is 9.67. The molecule has 0 saturated heterocycles. The molecule has 1 fully saturated rings. The Morgan fingerprint density at radius 2 is 1.81 bits per heavy atom. The van der Waals surface area contributed by atoms with Crippen molar-refractivity contribution in [2.24, 2.45) is 0 Å². The van der Waals surface area contributed by atoms with Crippen molar-refractivity contribution in [1.82, 2.24) is 10.2 Å². The maximum absolute atomic E-state index is 13.7. The molecule has 7 nitrogen and oxygen atoms in total. The van der Waals surface area contributed by atoms with Gasteiger partial charge in [0.15, 0.2) is 11.6 Å². The molecule has 0 radical (unpaired) electrons. The standard InChI is InChI=1S/C26H32BrF2N3O4S/c1-18(26(34)30-21-9-3-4-10-21)31(17-19-7-5-8-20(27)15-19)25(33)11-6-14-32(37(2,35)36)22-12-13-23(28)24(29)16-22/h5,7-8,12-13,15-16,18,21H,3-4,6,9-11,14,17H2,1-2H3,(H,30,34). The van der Waals surface area contributed by atoms with Crippen LogP contribution in [0.5, 0.6) is 0 Å². The first-order valence-electron chi connectivity index (χ1n) is 12.2. The van der Waals surface area contributed by atoms with Gasteiger partial charge in [0.2, 0.25) is 21.8 Å². The Bertz CT molecular complexity index is 1220. The zero-order valence-corrected chi connectivity index (χ0v) is 23.3. The van der Waals surface area contributed by atoms with Gasteiger partial charge in [0.05, 0.1) is 11.9 Å². The molecule has 1 saturated carbocycles. The highest BCUT2D eigenvalue weighted by Crippen LogP contribution is 2.23. The quantitative estimate of drug-likeness (QED) is 0.404. The minimum absolute atomic E-state index is 0.0239. The summed E-state index contributed by atoms with van der Waals surface area (Å²) in [6.45, 7) is 1.78. The third-order valence-corrected chi connectivity index (χ3v) is 8.14. The second kappa shape index (κ2) is 12.8. The molecule has 0 spiro atoms. The van der Waals surface area contributed by atoms with Gasteiger partial charge >= 0.3 is 0 Å². The molecule has 37 heavy (non-hydrogen) atoms. The number of halogens is 3. The Kier molecular flexibility index (Phi) is 10.1. The van der Waals surface area contributed by atoms with Crippen LogP contribution in [0.1, 0.15) is 51.0 Å². The Morgan fingerprint density at radius 3 is 2.43 bits per heavy atom. The fraction of sp³-hybridized carbons (Fsp3) is 0.462. The monoisotopic (exact) mass is 599 g/mol. The molecule has 0 bridgehead atoms. The van der Waals surface area contributed by atoms with Crippen LogP contribution in [0.3, 0.4) is 0 Å². The summed E-state index contributed by atoms with van der Waals surface area (Å²) in [7, 11) is -3.81. The van der Waals surface area contributed by atoms with Gasteiger partial charge in [-0.3, -0.25) is 13.9 Å².